The second kappa shape index (κ2) is 8.08. The largest absolute Gasteiger partial charge is 0.394 e. The van der Waals surface area contributed by atoms with E-state index in [9.17, 15) is 9.90 Å². The quantitative estimate of drug-likeness (QED) is 0.626. The lowest BCUT2D eigenvalue weighted by Crippen LogP contribution is -2.45. The zero-order chi connectivity index (χ0) is 17.6. The molecule has 0 saturated carbocycles. The van der Waals surface area contributed by atoms with Gasteiger partial charge >= 0.3 is 0 Å². The van der Waals surface area contributed by atoms with E-state index in [1.807, 2.05) is 81.4 Å². The minimum atomic E-state index is -0.535. The van der Waals surface area contributed by atoms with Gasteiger partial charge in [0.05, 0.1) is 18.2 Å². The highest BCUT2D eigenvalue weighted by Crippen LogP contribution is 2.31. The Morgan fingerprint density at radius 2 is 1.46 bits per heavy atom. The van der Waals surface area contributed by atoms with Gasteiger partial charge in [-0.05, 0) is 31.9 Å². The van der Waals surface area contributed by atoms with E-state index in [2.05, 4.69) is 0 Å². The lowest BCUT2D eigenvalue weighted by molar-refractivity contribution is -0.237. The summed E-state index contributed by atoms with van der Waals surface area (Å²) in [5.74, 6) is -0.190. The van der Waals surface area contributed by atoms with Gasteiger partial charge in [-0.1, -0.05) is 60.7 Å². The van der Waals surface area contributed by atoms with Gasteiger partial charge in [-0.3, -0.25) is 9.63 Å². The Bertz CT molecular complexity index is 583. The molecule has 4 nitrogen and oxygen atoms in total. The third kappa shape index (κ3) is 4.66. The molecule has 0 saturated heterocycles. The van der Waals surface area contributed by atoms with Gasteiger partial charge < -0.3 is 5.11 Å². The highest BCUT2D eigenvalue weighted by molar-refractivity contribution is 5.48. The smallest absolute Gasteiger partial charge is 0.233 e. The van der Waals surface area contributed by atoms with Gasteiger partial charge in [-0.2, -0.15) is 0 Å². The van der Waals surface area contributed by atoms with E-state index in [0.29, 0.717) is 6.41 Å². The first-order valence-corrected chi connectivity index (χ1v) is 8.10. The fourth-order valence-corrected chi connectivity index (χ4v) is 2.77. The number of carbonyl (C=O) groups is 1. The number of rotatable bonds is 7. The zero-order valence-corrected chi connectivity index (χ0v) is 14.4. The Labute approximate surface area is 143 Å². The average molecular weight is 327 g/mol. The van der Waals surface area contributed by atoms with Crippen molar-refractivity contribution in [1.29, 1.82) is 0 Å². The molecule has 0 aliphatic heterocycles. The van der Waals surface area contributed by atoms with Crippen molar-refractivity contribution in [2.75, 3.05) is 6.61 Å². The molecule has 0 radical (unpaired) electrons. The van der Waals surface area contributed by atoms with Crippen molar-refractivity contribution in [2.24, 2.45) is 0 Å². The van der Waals surface area contributed by atoms with Crippen molar-refractivity contribution in [3.05, 3.63) is 71.8 Å². The highest BCUT2D eigenvalue weighted by atomic mass is 16.7. The van der Waals surface area contributed by atoms with Crippen LogP contribution in [0.15, 0.2) is 60.7 Å². The number of benzene rings is 2. The maximum absolute atomic E-state index is 11.6. The first-order chi connectivity index (χ1) is 11.5. The van der Waals surface area contributed by atoms with Crippen molar-refractivity contribution in [3.8, 4) is 0 Å². The number of nitrogens with zero attached hydrogens (tertiary/aromatic N) is 1. The van der Waals surface area contributed by atoms with Crippen LogP contribution >= 0.6 is 0 Å². The van der Waals surface area contributed by atoms with Crippen LogP contribution in [-0.2, 0) is 9.63 Å². The maximum atomic E-state index is 11.6. The number of hydroxylamine groups is 2. The summed E-state index contributed by atoms with van der Waals surface area (Å²) in [7, 11) is 0. The van der Waals surface area contributed by atoms with E-state index in [-0.39, 0.29) is 12.5 Å². The summed E-state index contributed by atoms with van der Waals surface area (Å²) < 4.78 is 0. The summed E-state index contributed by atoms with van der Waals surface area (Å²) in [6.07, 6.45) is 0.644. The van der Waals surface area contributed by atoms with Crippen LogP contribution in [0, 0.1) is 0 Å². The van der Waals surface area contributed by atoms with Crippen molar-refractivity contribution < 1.29 is 14.7 Å². The van der Waals surface area contributed by atoms with E-state index in [1.54, 1.807) is 0 Å². The summed E-state index contributed by atoms with van der Waals surface area (Å²) in [4.78, 5) is 17.4. The molecule has 0 aliphatic rings. The standard InChI is InChI=1S/C20H25NO3/c1-20(2,3)24-21(15-23)18(14-22)19(16-10-6-4-7-11-16)17-12-8-5-9-13-17/h4-13,15,18-19,22H,14H2,1-3H3/t18-/m0/s1. The molecule has 2 aromatic carbocycles. The third-order valence-electron chi connectivity index (χ3n) is 3.70. The van der Waals surface area contributed by atoms with Gasteiger partial charge in [0.1, 0.15) is 0 Å². The molecule has 0 aromatic heterocycles. The monoisotopic (exact) mass is 327 g/mol. The van der Waals surface area contributed by atoms with Gasteiger partial charge in [-0.25, -0.2) is 5.06 Å². The zero-order valence-electron chi connectivity index (χ0n) is 14.4. The maximum Gasteiger partial charge on any atom is 0.233 e. The Morgan fingerprint density at radius 1 is 1.00 bits per heavy atom. The first kappa shape index (κ1) is 18.2. The molecule has 0 aliphatic carbocycles. The molecule has 0 spiro atoms. The van der Waals surface area contributed by atoms with Crippen LogP contribution < -0.4 is 0 Å². The average Bonchev–Trinajstić information content (AvgIpc) is 2.58. The number of carbonyl (C=O) groups excluding carboxylic acids is 1. The summed E-state index contributed by atoms with van der Waals surface area (Å²) in [5.41, 5.74) is 1.51. The molecule has 0 fully saturated rings. The Morgan fingerprint density at radius 3 is 1.79 bits per heavy atom. The normalized spacial score (nSPS) is 12.9. The predicted octanol–water partition coefficient (Wildman–Crippen LogP) is 3.37. The molecular formula is C20H25NO3. The number of hydrogen-bond donors (Lipinski definition) is 1. The van der Waals surface area contributed by atoms with Crippen LogP contribution in [0.1, 0.15) is 37.8 Å². The molecule has 24 heavy (non-hydrogen) atoms. The SMILES string of the molecule is CC(C)(C)ON(C=O)[C@@H](CO)C(c1ccccc1)c1ccccc1. The Balaban J connectivity index is 2.45. The molecule has 1 amide bonds. The van der Waals surface area contributed by atoms with Crippen LogP contribution in [0.5, 0.6) is 0 Å². The fraction of sp³-hybridized carbons (Fsp3) is 0.350. The molecule has 0 bridgehead atoms. The molecule has 2 aromatic rings. The highest BCUT2D eigenvalue weighted by Gasteiger charge is 2.32. The van der Waals surface area contributed by atoms with Gasteiger partial charge in [0.15, 0.2) is 0 Å². The fourth-order valence-electron chi connectivity index (χ4n) is 2.77. The molecule has 0 unspecified atom stereocenters. The van der Waals surface area contributed by atoms with Crippen molar-refractivity contribution in [3.63, 3.8) is 0 Å². The van der Waals surface area contributed by atoms with Crippen LogP contribution in [0.25, 0.3) is 0 Å². The molecule has 4 heteroatoms. The second-order valence-electron chi connectivity index (χ2n) is 6.72. The lowest BCUT2D eigenvalue weighted by atomic mass is 9.85. The van der Waals surface area contributed by atoms with Gasteiger partial charge in [0, 0.05) is 5.92 Å². The summed E-state index contributed by atoms with van der Waals surface area (Å²) in [6, 6.07) is 19.2. The van der Waals surface area contributed by atoms with Crippen LogP contribution in [-0.4, -0.2) is 34.8 Å². The van der Waals surface area contributed by atoms with Gasteiger partial charge in [0.2, 0.25) is 6.41 Å². The Hall–Kier alpha value is -2.17. The summed E-state index contributed by atoms with van der Waals surface area (Å²) >= 11 is 0. The molecule has 1 atom stereocenters. The van der Waals surface area contributed by atoms with E-state index >= 15 is 0 Å². The molecule has 0 heterocycles. The lowest BCUT2D eigenvalue weighted by Gasteiger charge is -2.36. The molecule has 2 rings (SSSR count). The van der Waals surface area contributed by atoms with Crippen LogP contribution in [0.2, 0.25) is 0 Å². The van der Waals surface area contributed by atoms with Gasteiger partial charge in [-0.15, -0.1) is 0 Å². The molecule has 1 N–H and O–H groups in total. The molecular weight excluding hydrogens is 302 g/mol. The van der Waals surface area contributed by atoms with Gasteiger partial charge in [0.25, 0.3) is 0 Å². The number of aliphatic hydroxyl groups excluding tert-OH is 1. The topological polar surface area (TPSA) is 49.8 Å². The van der Waals surface area contributed by atoms with E-state index in [1.165, 1.54) is 5.06 Å². The molecule has 128 valence electrons. The van der Waals surface area contributed by atoms with Crippen LogP contribution in [0.4, 0.5) is 0 Å². The van der Waals surface area contributed by atoms with Crippen molar-refractivity contribution in [2.45, 2.75) is 38.3 Å². The first-order valence-electron chi connectivity index (χ1n) is 8.10. The van der Waals surface area contributed by atoms with E-state index < -0.39 is 11.6 Å². The van der Waals surface area contributed by atoms with E-state index in [4.69, 9.17) is 4.84 Å². The minimum absolute atomic E-state index is 0.190. The predicted molar refractivity (Wildman–Crippen MR) is 94.3 cm³/mol. The second-order valence-corrected chi connectivity index (χ2v) is 6.72. The summed E-state index contributed by atoms with van der Waals surface area (Å²) in [6.45, 7) is 5.41. The summed E-state index contributed by atoms with van der Waals surface area (Å²) in [5, 5.41) is 11.3. The van der Waals surface area contributed by atoms with Crippen LogP contribution in [0.3, 0.4) is 0 Å². The minimum Gasteiger partial charge on any atom is -0.394 e. The number of hydrogen-bond acceptors (Lipinski definition) is 3. The van der Waals surface area contributed by atoms with Crippen molar-refractivity contribution >= 4 is 6.41 Å². The number of amides is 1. The number of aliphatic hydroxyl groups is 1. The Kier molecular flexibility index (Phi) is 6.12. The van der Waals surface area contributed by atoms with Crippen molar-refractivity contribution in [1.82, 2.24) is 5.06 Å². The van der Waals surface area contributed by atoms with E-state index in [0.717, 1.165) is 11.1 Å². The third-order valence-corrected chi connectivity index (χ3v) is 3.70.